The van der Waals surface area contributed by atoms with E-state index >= 15 is 0 Å². The lowest BCUT2D eigenvalue weighted by Gasteiger charge is -1.93. The van der Waals surface area contributed by atoms with E-state index in [2.05, 4.69) is 17.5 Å². The van der Waals surface area contributed by atoms with Gasteiger partial charge in [0.1, 0.15) is 0 Å². The molecule has 0 saturated carbocycles. The van der Waals surface area contributed by atoms with Crippen molar-refractivity contribution >= 4 is 23.1 Å². The molecule has 2 N–H and O–H groups in total. The van der Waals surface area contributed by atoms with E-state index in [-0.39, 0.29) is 0 Å². The molecule has 0 amide bonds. The van der Waals surface area contributed by atoms with Crippen LogP contribution in [0.15, 0.2) is 21.7 Å². The summed E-state index contributed by atoms with van der Waals surface area (Å²) in [6.45, 7) is 0.804. The molecule has 3 heteroatoms. The van der Waals surface area contributed by atoms with E-state index in [0.29, 0.717) is 0 Å². The summed E-state index contributed by atoms with van der Waals surface area (Å²) in [4.78, 5) is 0. The first-order valence-electron chi connectivity index (χ1n) is 3.30. The van der Waals surface area contributed by atoms with E-state index in [1.165, 1.54) is 4.21 Å². The average Bonchev–Trinajstić information content (AvgIpc) is 2.41. The molecule has 0 aromatic carbocycles. The Labute approximate surface area is 69.6 Å². The van der Waals surface area contributed by atoms with E-state index < -0.39 is 0 Å². The van der Waals surface area contributed by atoms with Gasteiger partial charge in [-0.05, 0) is 30.2 Å². The number of rotatable bonds is 4. The number of thioether (sulfide) groups is 1. The van der Waals surface area contributed by atoms with Crippen molar-refractivity contribution in [3.8, 4) is 0 Å². The predicted octanol–water partition coefficient (Wildman–Crippen LogP) is 2.19. The number of nitrogens with two attached hydrogens (primary N) is 1. The molecule has 0 unspecified atom stereocenters. The molecule has 0 spiro atoms. The van der Waals surface area contributed by atoms with Gasteiger partial charge in [-0.15, -0.1) is 23.1 Å². The minimum absolute atomic E-state index is 0.804. The summed E-state index contributed by atoms with van der Waals surface area (Å²) in [7, 11) is 0. The van der Waals surface area contributed by atoms with Crippen molar-refractivity contribution in [3.63, 3.8) is 0 Å². The molecule has 1 heterocycles. The summed E-state index contributed by atoms with van der Waals surface area (Å²) < 4.78 is 1.40. The van der Waals surface area contributed by atoms with Crippen LogP contribution in [0, 0.1) is 0 Å². The third-order valence-electron chi connectivity index (χ3n) is 1.09. The van der Waals surface area contributed by atoms with Crippen molar-refractivity contribution in [3.05, 3.63) is 17.5 Å². The van der Waals surface area contributed by atoms with Crippen molar-refractivity contribution in [1.82, 2.24) is 0 Å². The van der Waals surface area contributed by atoms with Crippen molar-refractivity contribution < 1.29 is 0 Å². The molecule has 1 aromatic rings. The zero-order chi connectivity index (χ0) is 7.23. The highest BCUT2D eigenvalue weighted by Gasteiger charge is 1.91. The maximum Gasteiger partial charge on any atom is 0.0598 e. The van der Waals surface area contributed by atoms with Crippen LogP contribution in [0.4, 0.5) is 0 Å². The van der Waals surface area contributed by atoms with E-state index in [1.807, 2.05) is 11.8 Å². The Kier molecular flexibility index (Phi) is 3.87. The number of hydrogen-bond acceptors (Lipinski definition) is 3. The van der Waals surface area contributed by atoms with Gasteiger partial charge < -0.3 is 5.73 Å². The van der Waals surface area contributed by atoms with Crippen LogP contribution in [0.3, 0.4) is 0 Å². The zero-order valence-corrected chi connectivity index (χ0v) is 7.38. The van der Waals surface area contributed by atoms with Gasteiger partial charge in [-0.25, -0.2) is 0 Å². The molecule has 1 rings (SSSR count). The quantitative estimate of drug-likeness (QED) is 0.558. The third-order valence-corrected chi connectivity index (χ3v) is 3.31. The van der Waals surface area contributed by atoms with Crippen LogP contribution in [0.1, 0.15) is 6.42 Å². The van der Waals surface area contributed by atoms with Crippen molar-refractivity contribution in [2.75, 3.05) is 12.3 Å². The first-order chi connectivity index (χ1) is 4.93. The normalized spacial score (nSPS) is 10.1. The number of thiophene rings is 1. The minimum Gasteiger partial charge on any atom is -0.330 e. The summed E-state index contributed by atoms with van der Waals surface area (Å²) in [6, 6.07) is 4.22. The highest BCUT2D eigenvalue weighted by molar-refractivity contribution is 8.01. The molecule has 56 valence electrons. The molecule has 0 radical (unpaired) electrons. The fourth-order valence-corrected chi connectivity index (χ4v) is 2.43. The van der Waals surface area contributed by atoms with Crippen molar-refractivity contribution in [1.29, 1.82) is 0 Å². The van der Waals surface area contributed by atoms with Gasteiger partial charge in [0.2, 0.25) is 0 Å². The standard InChI is InChI=1S/C7H11NS2/c8-4-2-6-10-7-3-1-5-9-7/h1,3,5H,2,4,6,8H2. The number of hydrogen-bond donors (Lipinski definition) is 1. The van der Waals surface area contributed by atoms with Crippen molar-refractivity contribution in [2.24, 2.45) is 5.73 Å². The Hall–Kier alpha value is 0.01000. The van der Waals surface area contributed by atoms with E-state index in [4.69, 9.17) is 5.73 Å². The van der Waals surface area contributed by atoms with Crippen LogP contribution >= 0.6 is 23.1 Å². The van der Waals surface area contributed by atoms with Crippen LogP contribution in [0.2, 0.25) is 0 Å². The monoisotopic (exact) mass is 173 g/mol. The van der Waals surface area contributed by atoms with Gasteiger partial charge >= 0.3 is 0 Å². The van der Waals surface area contributed by atoms with Crippen LogP contribution < -0.4 is 5.73 Å². The van der Waals surface area contributed by atoms with Crippen LogP contribution in [-0.4, -0.2) is 12.3 Å². The maximum absolute atomic E-state index is 5.36. The summed E-state index contributed by atoms with van der Waals surface area (Å²) in [5, 5.41) is 2.10. The molecular formula is C7H11NS2. The van der Waals surface area contributed by atoms with Crippen LogP contribution in [0.25, 0.3) is 0 Å². The minimum atomic E-state index is 0.804. The second kappa shape index (κ2) is 4.77. The highest BCUT2D eigenvalue weighted by Crippen LogP contribution is 2.23. The molecule has 0 saturated heterocycles. The molecule has 0 bridgehead atoms. The van der Waals surface area contributed by atoms with E-state index in [0.717, 1.165) is 18.7 Å². The maximum atomic E-state index is 5.36. The molecule has 10 heavy (non-hydrogen) atoms. The molecule has 0 aliphatic rings. The molecule has 0 fully saturated rings. The van der Waals surface area contributed by atoms with Gasteiger partial charge in [0.05, 0.1) is 4.21 Å². The molecule has 1 nitrogen and oxygen atoms in total. The second-order valence-corrected chi connectivity index (χ2v) is 4.27. The Bertz CT molecular complexity index is 160. The second-order valence-electron chi connectivity index (χ2n) is 1.92. The summed E-state index contributed by atoms with van der Waals surface area (Å²) in [5.41, 5.74) is 5.36. The van der Waals surface area contributed by atoms with Crippen LogP contribution in [-0.2, 0) is 0 Å². The zero-order valence-electron chi connectivity index (χ0n) is 5.75. The van der Waals surface area contributed by atoms with Gasteiger partial charge in [0.15, 0.2) is 0 Å². The first kappa shape index (κ1) is 8.11. The molecule has 0 atom stereocenters. The smallest absolute Gasteiger partial charge is 0.0598 e. The lowest BCUT2D eigenvalue weighted by molar-refractivity contribution is 0.943. The molecule has 0 aliphatic heterocycles. The predicted molar refractivity (Wildman–Crippen MR) is 48.7 cm³/mol. The molecular weight excluding hydrogens is 162 g/mol. The average molecular weight is 173 g/mol. The van der Waals surface area contributed by atoms with Crippen LogP contribution in [0.5, 0.6) is 0 Å². The van der Waals surface area contributed by atoms with Gasteiger partial charge in [-0.3, -0.25) is 0 Å². The van der Waals surface area contributed by atoms with Gasteiger partial charge in [0, 0.05) is 0 Å². The topological polar surface area (TPSA) is 26.0 Å². The van der Waals surface area contributed by atoms with Gasteiger partial charge in [-0.1, -0.05) is 6.07 Å². The Balaban J connectivity index is 2.15. The first-order valence-corrected chi connectivity index (χ1v) is 5.16. The Morgan fingerprint density at radius 3 is 3.10 bits per heavy atom. The Morgan fingerprint density at radius 2 is 2.50 bits per heavy atom. The van der Waals surface area contributed by atoms with Crippen molar-refractivity contribution in [2.45, 2.75) is 10.6 Å². The lowest BCUT2D eigenvalue weighted by atomic mass is 10.5. The van der Waals surface area contributed by atoms with E-state index in [9.17, 15) is 0 Å². The fourth-order valence-electron chi connectivity index (χ4n) is 0.602. The van der Waals surface area contributed by atoms with E-state index in [1.54, 1.807) is 11.3 Å². The summed E-state index contributed by atoms with van der Waals surface area (Å²) >= 11 is 3.69. The van der Waals surface area contributed by atoms with Gasteiger partial charge in [0.25, 0.3) is 0 Å². The largest absolute Gasteiger partial charge is 0.330 e. The van der Waals surface area contributed by atoms with Gasteiger partial charge in [-0.2, -0.15) is 0 Å². The summed E-state index contributed by atoms with van der Waals surface area (Å²) in [6.07, 6.45) is 1.11. The molecule has 0 aliphatic carbocycles. The lowest BCUT2D eigenvalue weighted by Crippen LogP contribution is -1.98. The summed E-state index contributed by atoms with van der Waals surface area (Å²) in [5.74, 6) is 1.15. The SMILES string of the molecule is NCCCSc1cccs1. The third kappa shape index (κ3) is 2.73. The Morgan fingerprint density at radius 1 is 1.60 bits per heavy atom. The fraction of sp³-hybridized carbons (Fsp3) is 0.429. The molecule has 1 aromatic heterocycles. The highest BCUT2D eigenvalue weighted by atomic mass is 32.2.